The van der Waals surface area contributed by atoms with E-state index in [0.29, 0.717) is 29.3 Å². The lowest BCUT2D eigenvalue weighted by molar-refractivity contribution is -0.353. The Morgan fingerprint density at radius 1 is 1.29 bits per heavy atom. The second-order valence-corrected chi connectivity index (χ2v) is 10.1. The fourth-order valence-electron chi connectivity index (χ4n) is 5.22. The molecule has 2 saturated carbocycles. The number of hydrogen-bond acceptors (Lipinski definition) is 5. The normalized spacial score (nSPS) is 27.2. The van der Waals surface area contributed by atoms with Gasteiger partial charge in [0.1, 0.15) is 5.75 Å². The number of fused-ring (bicyclic) bond motifs is 1. The lowest BCUT2D eigenvalue weighted by Gasteiger charge is -2.41. The SMILES string of the molecule is O=C(NCCC1(c2ccn([C@H]3C[C@@H](OC(F)(F)F)C3)n2)CCC1)[C@H]1C[C@@H](O)c2cc(Cl)ccc2O1. The number of ether oxygens (including phenoxy) is 2. The number of aliphatic hydroxyl groups excluding tert-OH is 1. The van der Waals surface area contributed by atoms with Gasteiger partial charge in [0.25, 0.3) is 5.91 Å². The first-order valence-corrected chi connectivity index (χ1v) is 12.2. The average molecular weight is 514 g/mol. The van der Waals surface area contributed by atoms with Gasteiger partial charge in [-0.3, -0.25) is 14.2 Å². The van der Waals surface area contributed by atoms with Crippen LogP contribution in [0.3, 0.4) is 0 Å². The van der Waals surface area contributed by atoms with Crippen molar-refractivity contribution >= 4 is 17.5 Å². The van der Waals surface area contributed by atoms with Gasteiger partial charge < -0.3 is 15.2 Å². The Balaban J connectivity index is 1.14. The maximum Gasteiger partial charge on any atom is 0.522 e. The predicted molar refractivity (Wildman–Crippen MR) is 120 cm³/mol. The number of benzene rings is 1. The molecule has 1 aliphatic heterocycles. The monoisotopic (exact) mass is 513 g/mol. The van der Waals surface area contributed by atoms with Gasteiger partial charge in [0.05, 0.1) is 23.9 Å². The minimum atomic E-state index is -4.61. The number of alkyl halides is 3. The molecule has 35 heavy (non-hydrogen) atoms. The van der Waals surface area contributed by atoms with Crippen LogP contribution in [0.15, 0.2) is 30.5 Å². The van der Waals surface area contributed by atoms with Crippen LogP contribution in [0.2, 0.25) is 5.02 Å². The molecule has 5 rings (SSSR count). The van der Waals surface area contributed by atoms with Crippen LogP contribution in [0.5, 0.6) is 5.75 Å². The summed E-state index contributed by atoms with van der Waals surface area (Å²) in [5.41, 5.74) is 1.34. The molecule has 2 heterocycles. The number of amides is 1. The molecule has 1 amide bonds. The van der Waals surface area contributed by atoms with Gasteiger partial charge in [-0.1, -0.05) is 18.0 Å². The summed E-state index contributed by atoms with van der Waals surface area (Å²) in [7, 11) is 0. The maximum atomic E-state index is 12.7. The summed E-state index contributed by atoms with van der Waals surface area (Å²) >= 11 is 5.98. The summed E-state index contributed by atoms with van der Waals surface area (Å²) in [5.74, 6) is 0.169. The number of aliphatic hydroxyl groups is 1. The second kappa shape index (κ2) is 9.29. The van der Waals surface area contributed by atoms with Crippen LogP contribution in [0.25, 0.3) is 0 Å². The van der Waals surface area contributed by atoms with Gasteiger partial charge in [0.15, 0.2) is 6.10 Å². The molecule has 2 atom stereocenters. The fourth-order valence-corrected chi connectivity index (χ4v) is 5.40. The van der Waals surface area contributed by atoms with Gasteiger partial charge >= 0.3 is 6.36 Å². The fraction of sp³-hybridized carbons (Fsp3) is 0.583. The Hall–Kier alpha value is -2.30. The van der Waals surface area contributed by atoms with Crippen LogP contribution in [0.1, 0.15) is 68.3 Å². The highest BCUT2D eigenvalue weighted by atomic mass is 35.5. The first-order chi connectivity index (χ1) is 16.6. The van der Waals surface area contributed by atoms with Gasteiger partial charge in [-0.2, -0.15) is 5.10 Å². The molecule has 0 unspecified atom stereocenters. The number of carbonyl (C=O) groups excluding carboxylic acids is 1. The average Bonchev–Trinajstić information content (AvgIpc) is 3.21. The number of carbonyl (C=O) groups is 1. The molecular formula is C24H27ClF3N3O4. The molecule has 2 N–H and O–H groups in total. The second-order valence-electron chi connectivity index (χ2n) is 9.71. The third-order valence-corrected chi connectivity index (χ3v) is 7.67. The number of nitrogens with zero attached hydrogens (tertiary/aromatic N) is 2. The molecule has 190 valence electrons. The van der Waals surface area contributed by atoms with E-state index in [1.165, 1.54) is 0 Å². The Kier molecular flexibility index (Phi) is 6.48. The first kappa shape index (κ1) is 24.4. The zero-order valence-corrected chi connectivity index (χ0v) is 19.7. The number of hydrogen-bond donors (Lipinski definition) is 2. The summed E-state index contributed by atoms with van der Waals surface area (Å²) in [6, 6.07) is 6.78. The highest BCUT2D eigenvalue weighted by Gasteiger charge is 2.43. The predicted octanol–water partition coefficient (Wildman–Crippen LogP) is 4.59. The van der Waals surface area contributed by atoms with Crippen LogP contribution in [-0.2, 0) is 14.9 Å². The highest BCUT2D eigenvalue weighted by molar-refractivity contribution is 6.30. The quantitative estimate of drug-likeness (QED) is 0.565. The van der Waals surface area contributed by atoms with E-state index in [2.05, 4.69) is 15.2 Å². The maximum absolute atomic E-state index is 12.7. The van der Waals surface area contributed by atoms with Crippen LogP contribution in [-0.4, -0.2) is 45.9 Å². The summed E-state index contributed by atoms with van der Waals surface area (Å²) in [6.45, 7) is 0.431. The van der Waals surface area contributed by atoms with E-state index < -0.39 is 24.7 Å². The Morgan fingerprint density at radius 2 is 2.06 bits per heavy atom. The standard InChI is InChI=1S/C24H27ClF3N3O4/c25-14-2-3-19-17(10-14)18(32)13-20(34-19)22(33)29-8-7-23(5-1-6-23)21-4-9-31(30-21)15-11-16(12-15)35-24(26,27)28/h2-4,9-10,15-16,18,20,32H,1,5-8,11-13H2,(H,29,33)/t15-,16+,18-,20-/m1/s1. The molecule has 3 aliphatic rings. The van der Waals surface area contributed by atoms with E-state index >= 15 is 0 Å². The van der Waals surface area contributed by atoms with Crippen LogP contribution in [0, 0.1) is 0 Å². The molecule has 2 aliphatic carbocycles. The molecule has 0 bridgehead atoms. The van der Waals surface area contributed by atoms with Crippen molar-refractivity contribution in [1.29, 1.82) is 0 Å². The van der Waals surface area contributed by atoms with Crippen molar-refractivity contribution in [1.82, 2.24) is 15.1 Å². The van der Waals surface area contributed by atoms with Crippen molar-refractivity contribution in [3.05, 3.63) is 46.7 Å². The molecule has 1 aromatic carbocycles. The molecule has 0 spiro atoms. The number of aromatic nitrogens is 2. The van der Waals surface area contributed by atoms with Gasteiger partial charge in [0.2, 0.25) is 0 Å². The largest absolute Gasteiger partial charge is 0.522 e. The molecule has 2 aromatic rings. The molecule has 0 saturated heterocycles. The van der Waals surface area contributed by atoms with E-state index in [0.717, 1.165) is 25.0 Å². The van der Waals surface area contributed by atoms with Crippen molar-refractivity contribution < 1.29 is 32.5 Å². The van der Waals surface area contributed by atoms with Crippen LogP contribution < -0.4 is 10.1 Å². The number of rotatable bonds is 7. The van der Waals surface area contributed by atoms with E-state index in [1.54, 1.807) is 22.9 Å². The van der Waals surface area contributed by atoms with Gasteiger partial charge in [0, 0.05) is 35.2 Å². The Morgan fingerprint density at radius 3 is 2.74 bits per heavy atom. The minimum Gasteiger partial charge on any atom is -0.480 e. The van der Waals surface area contributed by atoms with Crippen molar-refractivity contribution in [3.63, 3.8) is 0 Å². The summed E-state index contributed by atoms with van der Waals surface area (Å²) in [6.07, 6.45) is -0.868. The topological polar surface area (TPSA) is 85.6 Å². The smallest absolute Gasteiger partial charge is 0.480 e. The molecule has 2 fully saturated rings. The lowest BCUT2D eigenvalue weighted by Crippen LogP contribution is -2.44. The van der Waals surface area contributed by atoms with E-state index in [1.807, 2.05) is 12.3 Å². The molecule has 11 heteroatoms. The molecule has 0 radical (unpaired) electrons. The summed E-state index contributed by atoms with van der Waals surface area (Å²) in [5, 5.41) is 18.5. The van der Waals surface area contributed by atoms with Crippen molar-refractivity contribution in [2.45, 2.75) is 81.1 Å². The lowest BCUT2D eigenvalue weighted by atomic mass is 9.64. The van der Waals surface area contributed by atoms with E-state index in [9.17, 15) is 23.1 Å². The Bertz CT molecular complexity index is 1080. The molecule has 7 nitrogen and oxygen atoms in total. The van der Waals surface area contributed by atoms with E-state index in [-0.39, 0.29) is 36.6 Å². The number of nitrogens with one attached hydrogen (secondary N) is 1. The summed E-state index contributed by atoms with van der Waals surface area (Å²) < 4.78 is 48.7. The first-order valence-electron chi connectivity index (χ1n) is 11.8. The van der Waals surface area contributed by atoms with Crippen molar-refractivity contribution in [2.24, 2.45) is 0 Å². The Labute approximate surface area is 205 Å². The molecular weight excluding hydrogens is 487 g/mol. The van der Waals surface area contributed by atoms with Crippen molar-refractivity contribution in [3.8, 4) is 5.75 Å². The van der Waals surface area contributed by atoms with Crippen LogP contribution >= 0.6 is 11.6 Å². The highest BCUT2D eigenvalue weighted by Crippen LogP contribution is 2.46. The minimum absolute atomic E-state index is 0.0967. The van der Waals surface area contributed by atoms with Gasteiger partial charge in [-0.05, 0) is 56.4 Å². The number of halogens is 4. The van der Waals surface area contributed by atoms with Crippen molar-refractivity contribution in [2.75, 3.05) is 6.54 Å². The van der Waals surface area contributed by atoms with Crippen LogP contribution in [0.4, 0.5) is 13.2 Å². The van der Waals surface area contributed by atoms with Gasteiger partial charge in [-0.15, -0.1) is 13.2 Å². The summed E-state index contributed by atoms with van der Waals surface area (Å²) in [4.78, 5) is 12.7. The third kappa shape index (κ3) is 5.15. The van der Waals surface area contributed by atoms with Gasteiger partial charge in [-0.25, -0.2) is 0 Å². The zero-order chi connectivity index (χ0) is 24.8. The van der Waals surface area contributed by atoms with E-state index in [4.69, 9.17) is 16.3 Å². The third-order valence-electron chi connectivity index (χ3n) is 7.44. The zero-order valence-electron chi connectivity index (χ0n) is 18.9. The molecule has 1 aromatic heterocycles.